The molecule has 0 radical (unpaired) electrons. The summed E-state index contributed by atoms with van der Waals surface area (Å²) in [7, 11) is 0. The van der Waals surface area contributed by atoms with Crippen LogP contribution in [0.5, 0.6) is 0 Å². The minimum atomic E-state index is -0.563. The Morgan fingerprint density at radius 1 is 1.07 bits per heavy atom. The number of pyridine rings is 1. The van der Waals surface area contributed by atoms with E-state index in [0.29, 0.717) is 18.1 Å². The quantitative estimate of drug-likeness (QED) is 0.568. The lowest BCUT2D eigenvalue weighted by molar-refractivity contribution is 0.0941. The molecule has 4 N–H and O–H groups in total. The molecular formula is C22H21FN4O2. The Labute approximate surface area is 167 Å². The summed E-state index contributed by atoms with van der Waals surface area (Å²) in [5.41, 5.74) is 7.71. The SMILES string of the molecule is Nc1nc(NCc2ccc(F)cc2)ccc1NC(=O)OC1(c2ccccc2)CC1. The van der Waals surface area contributed by atoms with Crippen LogP contribution < -0.4 is 16.4 Å². The molecule has 0 spiro atoms. The first-order chi connectivity index (χ1) is 14.0. The van der Waals surface area contributed by atoms with E-state index in [0.717, 1.165) is 24.0 Å². The lowest BCUT2D eigenvalue weighted by Crippen LogP contribution is -2.23. The second-order valence-electron chi connectivity index (χ2n) is 6.98. The monoisotopic (exact) mass is 392 g/mol. The molecule has 1 saturated carbocycles. The van der Waals surface area contributed by atoms with Crippen molar-refractivity contribution in [3.8, 4) is 0 Å². The zero-order chi connectivity index (χ0) is 20.3. The molecule has 3 aromatic rings. The van der Waals surface area contributed by atoms with Crippen molar-refractivity contribution in [2.24, 2.45) is 0 Å². The van der Waals surface area contributed by atoms with Gasteiger partial charge in [-0.05, 0) is 48.2 Å². The number of nitrogens with zero attached hydrogens (tertiary/aromatic N) is 1. The molecular weight excluding hydrogens is 371 g/mol. The highest BCUT2D eigenvalue weighted by molar-refractivity contribution is 5.88. The van der Waals surface area contributed by atoms with Crippen LogP contribution in [0.25, 0.3) is 0 Å². The van der Waals surface area contributed by atoms with Gasteiger partial charge in [-0.25, -0.2) is 14.2 Å². The van der Waals surface area contributed by atoms with Crippen molar-refractivity contribution >= 4 is 23.4 Å². The normalized spacial score (nSPS) is 14.1. The molecule has 7 heteroatoms. The number of rotatable bonds is 6. The number of amides is 1. The van der Waals surface area contributed by atoms with Crippen molar-refractivity contribution in [3.63, 3.8) is 0 Å². The maximum absolute atomic E-state index is 13.0. The van der Waals surface area contributed by atoms with E-state index in [9.17, 15) is 9.18 Å². The fraction of sp³-hybridized carbons (Fsp3) is 0.182. The molecule has 4 rings (SSSR count). The molecule has 29 heavy (non-hydrogen) atoms. The van der Waals surface area contributed by atoms with E-state index in [2.05, 4.69) is 15.6 Å². The van der Waals surface area contributed by atoms with Gasteiger partial charge in [-0.15, -0.1) is 0 Å². The van der Waals surface area contributed by atoms with Gasteiger partial charge in [-0.3, -0.25) is 5.32 Å². The molecule has 148 valence electrons. The molecule has 0 unspecified atom stereocenters. The van der Waals surface area contributed by atoms with Crippen molar-refractivity contribution in [2.75, 3.05) is 16.4 Å². The van der Waals surface area contributed by atoms with Crippen LogP contribution in [-0.2, 0) is 16.9 Å². The fourth-order valence-electron chi connectivity index (χ4n) is 3.09. The average molecular weight is 392 g/mol. The third kappa shape index (κ3) is 4.45. The number of halogens is 1. The van der Waals surface area contributed by atoms with Crippen LogP contribution in [0, 0.1) is 5.82 Å². The Bertz CT molecular complexity index is 1010. The van der Waals surface area contributed by atoms with Crippen molar-refractivity contribution in [3.05, 3.63) is 83.7 Å². The number of nitrogens with two attached hydrogens (primary N) is 1. The first-order valence-electron chi connectivity index (χ1n) is 9.34. The van der Waals surface area contributed by atoms with Crippen molar-refractivity contribution in [1.29, 1.82) is 0 Å². The Hall–Kier alpha value is -3.61. The predicted octanol–water partition coefficient (Wildman–Crippen LogP) is 4.65. The van der Waals surface area contributed by atoms with Gasteiger partial charge in [0.2, 0.25) is 0 Å². The topological polar surface area (TPSA) is 89.3 Å². The molecule has 1 aliphatic carbocycles. The summed E-state index contributed by atoms with van der Waals surface area (Å²) in [6.07, 6.45) is 1.03. The number of anilines is 3. The third-order valence-electron chi connectivity index (χ3n) is 4.84. The first-order valence-corrected chi connectivity index (χ1v) is 9.34. The number of hydrogen-bond donors (Lipinski definition) is 3. The van der Waals surface area contributed by atoms with E-state index in [1.807, 2.05) is 30.3 Å². The largest absolute Gasteiger partial charge is 0.438 e. The summed E-state index contributed by atoms with van der Waals surface area (Å²) >= 11 is 0. The second kappa shape index (κ2) is 7.79. The number of aromatic nitrogens is 1. The van der Waals surface area contributed by atoms with E-state index in [4.69, 9.17) is 10.5 Å². The van der Waals surface area contributed by atoms with Gasteiger partial charge in [0.1, 0.15) is 23.1 Å². The van der Waals surface area contributed by atoms with Crippen LogP contribution in [0.1, 0.15) is 24.0 Å². The summed E-state index contributed by atoms with van der Waals surface area (Å²) in [5, 5.41) is 5.78. The molecule has 0 aliphatic heterocycles. The summed E-state index contributed by atoms with van der Waals surface area (Å²) in [4.78, 5) is 16.6. The number of hydrogen-bond acceptors (Lipinski definition) is 5. The Morgan fingerprint density at radius 3 is 2.45 bits per heavy atom. The Kier molecular flexibility index (Phi) is 5.03. The minimum Gasteiger partial charge on any atom is -0.438 e. The molecule has 0 atom stereocenters. The average Bonchev–Trinajstić information content (AvgIpc) is 3.50. The highest BCUT2D eigenvalue weighted by Crippen LogP contribution is 2.49. The van der Waals surface area contributed by atoms with Crippen molar-refractivity contribution in [1.82, 2.24) is 4.98 Å². The van der Waals surface area contributed by atoms with Gasteiger partial charge in [0.05, 0.1) is 5.69 Å². The van der Waals surface area contributed by atoms with E-state index in [-0.39, 0.29) is 11.6 Å². The van der Waals surface area contributed by atoms with E-state index in [1.54, 1.807) is 24.3 Å². The van der Waals surface area contributed by atoms with Crippen LogP contribution in [0.3, 0.4) is 0 Å². The smallest absolute Gasteiger partial charge is 0.412 e. The van der Waals surface area contributed by atoms with Gasteiger partial charge >= 0.3 is 6.09 Å². The standard InChI is InChI=1S/C22H21FN4O2/c23-17-8-6-15(7-9-17)14-25-19-11-10-18(20(24)27-19)26-21(28)29-22(12-13-22)16-4-2-1-3-5-16/h1-11H,12-14H2,(H,26,28)(H3,24,25,27). The minimum absolute atomic E-state index is 0.176. The zero-order valence-electron chi connectivity index (χ0n) is 15.7. The number of ether oxygens (including phenoxy) is 1. The van der Waals surface area contributed by atoms with Crippen molar-refractivity contribution in [2.45, 2.75) is 25.0 Å². The molecule has 1 aromatic heterocycles. The summed E-state index contributed by atoms with van der Waals surface area (Å²) in [5.74, 6) is 0.447. The molecule has 2 aromatic carbocycles. The first kappa shape index (κ1) is 18.7. The van der Waals surface area contributed by atoms with Gasteiger partial charge in [-0.1, -0.05) is 42.5 Å². The lowest BCUT2D eigenvalue weighted by Gasteiger charge is -2.18. The fourth-order valence-corrected chi connectivity index (χ4v) is 3.09. The van der Waals surface area contributed by atoms with Gasteiger partial charge in [0, 0.05) is 6.54 Å². The van der Waals surface area contributed by atoms with E-state index < -0.39 is 11.7 Å². The maximum atomic E-state index is 13.0. The van der Waals surface area contributed by atoms with Crippen molar-refractivity contribution < 1.29 is 13.9 Å². The zero-order valence-corrected chi connectivity index (χ0v) is 15.7. The van der Waals surface area contributed by atoms with Gasteiger partial charge in [0.15, 0.2) is 0 Å². The third-order valence-corrected chi connectivity index (χ3v) is 4.84. The molecule has 1 amide bonds. The summed E-state index contributed by atoms with van der Waals surface area (Å²) in [6, 6.07) is 19.3. The second-order valence-corrected chi connectivity index (χ2v) is 6.98. The Balaban J connectivity index is 1.35. The number of carbonyl (C=O) groups excluding carboxylic acids is 1. The summed E-state index contributed by atoms with van der Waals surface area (Å²) < 4.78 is 18.6. The number of nitrogen functional groups attached to an aromatic ring is 1. The predicted molar refractivity (Wildman–Crippen MR) is 110 cm³/mol. The number of carbonyl (C=O) groups is 1. The highest BCUT2D eigenvalue weighted by Gasteiger charge is 2.48. The molecule has 1 aliphatic rings. The van der Waals surface area contributed by atoms with Gasteiger partial charge < -0.3 is 15.8 Å². The molecule has 1 fully saturated rings. The Morgan fingerprint density at radius 2 is 1.79 bits per heavy atom. The molecule has 1 heterocycles. The van der Waals surface area contributed by atoms with E-state index in [1.165, 1.54) is 12.1 Å². The maximum Gasteiger partial charge on any atom is 0.412 e. The van der Waals surface area contributed by atoms with E-state index >= 15 is 0 Å². The number of benzene rings is 2. The van der Waals surface area contributed by atoms with Crippen LogP contribution in [0.15, 0.2) is 66.7 Å². The molecule has 0 saturated heterocycles. The van der Waals surface area contributed by atoms with Crippen LogP contribution in [-0.4, -0.2) is 11.1 Å². The van der Waals surface area contributed by atoms with Crippen LogP contribution in [0.4, 0.5) is 26.5 Å². The molecule has 0 bridgehead atoms. The van der Waals surface area contributed by atoms with Gasteiger partial charge in [0.25, 0.3) is 0 Å². The highest BCUT2D eigenvalue weighted by atomic mass is 19.1. The lowest BCUT2D eigenvalue weighted by atomic mass is 10.1. The van der Waals surface area contributed by atoms with Crippen LogP contribution in [0.2, 0.25) is 0 Å². The van der Waals surface area contributed by atoms with Crippen LogP contribution >= 0.6 is 0 Å². The summed E-state index contributed by atoms with van der Waals surface area (Å²) in [6.45, 7) is 0.473. The number of nitrogens with one attached hydrogen (secondary N) is 2. The van der Waals surface area contributed by atoms with Gasteiger partial charge in [-0.2, -0.15) is 0 Å². The molecule has 6 nitrogen and oxygen atoms in total.